The monoisotopic (exact) mass is 440 g/mol. The van der Waals surface area contributed by atoms with Crippen LogP contribution >= 0.6 is 23.2 Å². The van der Waals surface area contributed by atoms with E-state index in [-0.39, 0.29) is 23.5 Å². The Hall–Kier alpha value is -1.01. The van der Waals surface area contributed by atoms with Crippen molar-refractivity contribution < 1.29 is 14.3 Å². The summed E-state index contributed by atoms with van der Waals surface area (Å²) in [4.78, 5) is 15.5. The topological polar surface area (TPSA) is 50.8 Å². The summed E-state index contributed by atoms with van der Waals surface area (Å²) in [6.45, 7) is 3.02. The Labute approximate surface area is 183 Å². The van der Waals surface area contributed by atoms with Gasteiger partial charge in [-0.05, 0) is 76.2 Å². The van der Waals surface area contributed by atoms with Crippen LogP contribution in [-0.2, 0) is 9.53 Å². The van der Waals surface area contributed by atoms with Crippen molar-refractivity contribution in [2.75, 3.05) is 26.7 Å². The first kappa shape index (κ1) is 21.2. The molecular weight excluding hydrogens is 411 g/mol. The third-order valence-corrected chi connectivity index (χ3v) is 7.23. The number of nitrogens with zero attached hydrogens (tertiary/aromatic N) is 1. The lowest BCUT2D eigenvalue weighted by molar-refractivity contribution is -0.136. The van der Waals surface area contributed by atoms with Crippen LogP contribution in [0.4, 0.5) is 0 Å². The lowest BCUT2D eigenvalue weighted by atomic mass is 9.71. The minimum atomic E-state index is -0.584. The Bertz CT molecular complexity index is 713. The molecule has 5 nitrogen and oxygen atoms in total. The number of amides is 1. The van der Waals surface area contributed by atoms with E-state index >= 15 is 0 Å². The van der Waals surface area contributed by atoms with E-state index in [4.69, 9.17) is 32.7 Å². The molecule has 4 rings (SSSR count). The second kappa shape index (κ2) is 9.01. The molecule has 29 heavy (non-hydrogen) atoms. The minimum Gasteiger partial charge on any atom is -0.480 e. The smallest absolute Gasteiger partial charge is 0.261 e. The number of carbonyl (C=O) groups excluding carboxylic acids is 1. The van der Waals surface area contributed by atoms with Crippen LogP contribution < -0.4 is 10.1 Å². The molecule has 3 aliphatic rings. The van der Waals surface area contributed by atoms with Crippen LogP contribution in [0.25, 0.3) is 0 Å². The molecule has 7 heteroatoms. The Morgan fingerprint density at radius 2 is 1.93 bits per heavy atom. The maximum absolute atomic E-state index is 12.9. The number of nitrogens with one attached hydrogen (secondary N) is 1. The van der Waals surface area contributed by atoms with E-state index in [0.717, 1.165) is 51.8 Å². The summed E-state index contributed by atoms with van der Waals surface area (Å²) in [5.41, 5.74) is -0.0175. The molecule has 160 valence electrons. The highest BCUT2D eigenvalue weighted by atomic mass is 35.5. The predicted molar refractivity (Wildman–Crippen MR) is 115 cm³/mol. The van der Waals surface area contributed by atoms with Crippen molar-refractivity contribution in [3.05, 3.63) is 28.2 Å². The standard InChI is InChI=1S/C22H30Cl2N2O3/c1-25-21(27)20(29-17-12-15(23)11-16(24)13-17)18-5-7-22(6-4-10-28-22)14-19(18)26-8-2-3-9-26/h11-13,18-20H,2-10,14H2,1H3,(H,25,27)/t18-,19+,20?,22+/m1/s1. The van der Waals surface area contributed by atoms with Gasteiger partial charge in [0, 0.05) is 35.7 Å². The second-order valence-corrected chi connectivity index (χ2v) is 9.48. The second-order valence-electron chi connectivity index (χ2n) is 8.61. The molecule has 1 spiro atoms. The van der Waals surface area contributed by atoms with E-state index in [2.05, 4.69) is 10.2 Å². The molecule has 0 aromatic heterocycles. The Balaban J connectivity index is 1.61. The molecule has 1 aromatic carbocycles. The first-order chi connectivity index (χ1) is 14.0. The number of hydrogen-bond donors (Lipinski definition) is 1. The minimum absolute atomic E-state index is 0.0175. The summed E-state index contributed by atoms with van der Waals surface area (Å²) >= 11 is 12.3. The molecule has 1 unspecified atom stereocenters. The van der Waals surface area contributed by atoms with Gasteiger partial charge in [0.25, 0.3) is 5.91 Å². The number of carbonyl (C=O) groups is 1. The highest BCUT2D eigenvalue weighted by molar-refractivity contribution is 6.34. The summed E-state index contributed by atoms with van der Waals surface area (Å²) < 4.78 is 12.5. The van der Waals surface area contributed by atoms with Gasteiger partial charge in [0.1, 0.15) is 5.75 Å². The summed E-state index contributed by atoms with van der Waals surface area (Å²) in [5.74, 6) is 0.535. The molecule has 2 heterocycles. The zero-order valence-corrected chi connectivity index (χ0v) is 18.5. The van der Waals surface area contributed by atoms with Crippen LogP contribution in [0.2, 0.25) is 10.0 Å². The SMILES string of the molecule is CNC(=O)C(Oc1cc(Cl)cc(Cl)c1)[C@@H]1CC[C@@]2(CCCO2)C[C@@H]1N1CCCC1. The van der Waals surface area contributed by atoms with E-state index in [0.29, 0.717) is 15.8 Å². The number of hydrogen-bond acceptors (Lipinski definition) is 4. The number of ether oxygens (including phenoxy) is 2. The van der Waals surface area contributed by atoms with Gasteiger partial charge < -0.3 is 14.8 Å². The molecule has 2 aliphatic heterocycles. The fraction of sp³-hybridized carbons (Fsp3) is 0.682. The Morgan fingerprint density at radius 3 is 2.55 bits per heavy atom. The van der Waals surface area contributed by atoms with Gasteiger partial charge >= 0.3 is 0 Å². The van der Waals surface area contributed by atoms with E-state index in [1.165, 1.54) is 12.8 Å². The van der Waals surface area contributed by atoms with Gasteiger partial charge in [-0.3, -0.25) is 9.69 Å². The normalized spacial score (nSPS) is 31.1. The lowest BCUT2D eigenvalue weighted by Crippen LogP contribution is -2.56. The first-order valence-electron chi connectivity index (χ1n) is 10.7. The maximum Gasteiger partial charge on any atom is 0.261 e. The molecule has 3 fully saturated rings. The van der Waals surface area contributed by atoms with Crippen molar-refractivity contribution in [1.29, 1.82) is 0 Å². The first-order valence-corrected chi connectivity index (χ1v) is 11.5. The third-order valence-electron chi connectivity index (χ3n) is 6.80. The number of halogens is 2. The largest absolute Gasteiger partial charge is 0.480 e. The summed E-state index contributed by atoms with van der Waals surface area (Å²) in [6.07, 6.45) is 6.97. The number of likely N-dealkylation sites (tertiary alicyclic amines) is 1. The molecule has 1 saturated carbocycles. The Kier molecular flexibility index (Phi) is 6.59. The number of rotatable bonds is 5. The molecule has 0 radical (unpaired) electrons. The van der Waals surface area contributed by atoms with E-state index in [9.17, 15) is 4.79 Å². The number of benzene rings is 1. The molecule has 1 N–H and O–H groups in total. The molecular formula is C22H30Cl2N2O3. The van der Waals surface area contributed by atoms with Crippen LogP contribution in [0.3, 0.4) is 0 Å². The average Bonchev–Trinajstić information content (AvgIpc) is 3.38. The van der Waals surface area contributed by atoms with Gasteiger partial charge in [-0.15, -0.1) is 0 Å². The van der Waals surface area contributed by atoms with Gasteiger partial charge in [-0.1, -0.05) is 23.2 Å². The lowest BCUT2D eigenvalue weighted by Gasteiger charge is -2.47. The van der Waals surface area contributed by atoms with Crippen LogP contribution in [0, 0.1) is 5.92 Å². The fourth-order valence-corrected chi connectivity index (χ4v) is 5.92. The van der Waals surface area contributed by atoms with Crippen LogP contribution in [0.15, 0.2) is 18.2 Å². The average molecular weight is 441 g/mol. The molecule has 4 atom stereocenters. The van der Waals surface area contributed by atoms with Crippen molar-refractivity contribution in [3.8, 4) is 5.75 Å². The van der Waals surface area contributed by atoms with Gasteiger partial charge in [0.2, 0.25) is 0 Å². The van der Waals surface area contributed by atoms with Crippen LogP contribution in [0.5, 0.6) is 5.75 Å². The van der Waals surface area contributed by atoms with E-state index in [1.54, 1.807) is 25.2 Å². The number of likely N-dealkylation sites (N-methyl/N-ethyl adjacent to an activating group) is 1. The van der Waals surface area contributed by atoms with Gasteiger partial charge in [-0.2, -0.15) is 0 Å². The maximum atomic E-state index is 12.9. The van der Waals surface area contributed by atoms with Crippen molar-refractivity contribution in [2.45, 2.75) is 62.7 Å². The van der Waals surface area contributed by atoms with E-state index in [1.807, 2.05) is 0 Å². The van der Waals surface area contributed by atoms with Gasteiger partial charge in [-0.25, -0.2) is 0 Å². The summed E-state index contributed by atoms with van der Waals surface area (Å²) in [6, 6.07) is 5.39. The molecule has 1 aliphatic carbocycles. The van der Waals surface area contributed by atoms with Crippen molar-refractivity contribution in [3.63, 3.8) is 0 Å². The zero-order chi connectivity index (χ0) is 20.4. The quantitative estimate of drug-likeness (QED) is 0.741. The predicted octanol–water partition coefficient (Wildman–Crippen LogP) is 4.30. The molecule has 0 bridgehead atoms. The van der Waals surface area contributed by atoms with Gasteiger partial charge in [0.05, 0.1) is 5.60 Å². The molecule has 1 amide bonds. The highest BCUT2D eigenvalue weighted by Crippen LogP contribution is 2.45. The van der Waals surface area contributed by atoms with Crippen molar-refractivity contribution in [2.24, 2.45) is 5.92 Å². The fourth-order valence-electron chi connectivity index (χ4n) is 5.42. The van der Waals surface area contributed by atoms with Crippen LogP contribution in [-0.4, -0.2) is 55.3 Å². The van der Waals surface area contributed by atoms with Gasteiger partial charge in [0.15, 0.2) is 6.10 Å². The van der Waals surface area contributed by atoms with Crippen LogP contribution in [0.1, 0.15) is 44.9 Å². The van der Waals surface area contributed by atoms with E-state index < -0.39 is 6.10 Å². The zero-order valence-electron chi connectivity index (χ0n) is 17.0. The van der Waals surface area contributed by atoms with Crippen molar-refractivity contribution in [1.82, 2.24) is 10.2 Å². The molecule has 2 saturated heterocycles. The molecule has 1 aromatic rings. The summed E-state index contributed by atoms with van der Waals surface area (Å²) in [5, 5.41) is 3.81. The third kappa shape index (κ3) is 4.68. The summed E-state index contributed by atoms with van der Waals surface area (Å²) in [7, 11) is 1.67. The Morgan fingerprint density at radius 1 is 1.21 bits per heavy atom. The van der Waals surface area contributed by atoms with Crippen molar-refractivity contribution >= 4 is 29.1 Å². The highest BCUT2D eigenvalue weighted by Gasteiger charge is 2.49.